The second-order valence-corrected chi connectivity index (χ2v) is 13.6. The molecule has 234 valence electrons. The van der Waals surface area contributed by atoms with Crippen molar-refractivity contribution in [2.45, 2.75) is 130 Å². The van der Waals surface area contributed by atoms with Gasteiger partial charge >= 0.3 is 0 Å². The number of rotatable bonds is 15. The average molecular weight is 581 g/mol. The van der Waals surface area contributed by atoms with Gasteiger partial charge in [0.25, 0.3) is 0 Å². The van der Waals surface area contributed by atoms with Crippen LogP contribution in [0.1, 0.15) is 127 Å². The molecule has 2 amide bonds. The van der Waals surface area contributed by atoms with Crippen LogP contribution in [0, 0.1) is 0 Å². The van der Waals surface area contributed by atoms with E-state index in [0.29, 0.717) is 50.3 Å². The van der Waals surface area contributed by atoms with Gasteiger partial charge in [0.2, 0.25) is 11.8 Å². The lowest BCUT2D eigenvalue weighted by atomic mass is 9.83. The lowest BCUT2D eigenvalue weighted by molar-refractivity contribution is -0.121. The van der Waals surface area contributed by atoms with E-state index < -0.39 is 0 Å². The Bertz CT molecular complexity index is 1090. The zero-order valence-electron chi connectivity index (χ0n) is 27.5. The van der Waals surface area contributed by atoms with E-state index in [1.54, 1.807) is 0 Å². The summed E-state index contributed by atoms with van der Waals surface area (Å²) in [5.74, 6) is 0.788. The standard InChI is InChI=1S/C36H56N2O4/c1-9-25-23-31(39)29(35(3,4)5)21-27(25)15-17-33(41)37-19-13-11-12-14-20-38-34(42)18-16-28-22-30(36(6,7)8)32(40)24-26(28)10-2/h21-24,39-40H,9-20H2,1-8H3,(H,37,41)(H,38,42). The Kier molecular flexibility index (Phi) is 13.4. The number of amides is 2. The van der Waals surface area contributed by atoms with Crippen molar-refractivity contribution < 1.29 is 19.8 Å². The van der Waals surface area contributed by atoms with Crippen molar-refractivity contribution in [3.8, 4) is 11.5 Å². The second kappa shape index (κ2) is 16.0. The van der Waals surface area contributed by atoms with Gasteiger partial charge in [-0.15, -0.1) is 0 Å². The number of hydrogen-bond donors (Lipinski definition) is 4. The van der Waals surface area contributed by atoms with Crippen molar-refractivity contribution in [3.63, 3.8) is 0 Å². The Balaban J connectivity index is 1.64. The fourth-order valence-electron chi connectivity index (χ4n) is 5.41. The van der Waals surface area contributed by atoms with Crippen LogP contribution >= 0.6 is 0 Å². The lowest BCUT2D eigenvalue weighted by Crippen LogP contribution is -2.25. The first-order valence-electron chi connectivity index (χ1n) is 15.9. The first-order chi connectivity index (χ1) is 19.7. The van der Waals surface area contributed by atoms with Crippen LogP contribution in [0.25, 0.3) is 0 Å². The van der Waals surface area contributed by atoms with Gasteiger partial charge < -0.3 is 20.8 Å². The van der Waals surface area contributed by atoms with Crippen LogP contribution in [0.5, 0.6) is 11.5 Å². The van der Waals surface area contributed by atoms with Crippen molar-refractivity contribution in [2.75, 3.05) is 13.1 Å². The topological polar surface area (TPSA) is 98.7 Å². The highest BCUT2D eigenvalue weighted by molar-refractivity contribution is 5.76. The zero-order chi connectivity index (χ0) is 31.5. The number of aromatic hydroxyl groups is 2. The molecule has 2 aromatic rings. The third kappa shape index (κ3) is 11.0. The summed E-state index contributed by atoms with van der Waals surface area (Å²) in [5.41, 5.74) is 6.01. The Morgan fingerprint density at radius 3 is 1.26 bits per heavy atom. The molecule has 6 nitrogen and oxygen atoms in total. The van der Waals surface area contributed by atoms with Gasteiger partial charge in [-0.05, 0) is 94.9 Å². The Hall–Kier alpha value is -3.02. The normalized spacial score (nSPS) is 11.9. The van der Waals surface area contributed by atoms with Crippen molar-refractivity contribution in [3.05, 3.63) is 57.6 Å². The molecule has 0 unspecified atom stereocenters. The zero-order valence-corrected chi connectivity index (χ0v) is 27.5. The molecule has 4 N–H and O–H groups in total. The number of carbonyl (C=O) groups excluding carboxylic acids is 2. The average Bonchev–Trinajstić information content (AvgIpc) is 2.91. The van der Waals surface area contributed by atoms with E-state index in [1.807, 2.05) is 12.1 Å². The lowest BCUT2D eigenvalue weighted by Gasteiger charge is -2.23. The van der Waals surface area contributed by atoms with Gasteiger partial charge in [0.15, 0.2) is 0 Å². The fraction of sp³-hybridized carbons (Fsp3) is 0.611. The SMILES string of the molecule is CCc1cc(O)c(C(C)(C)C)cc1CCC(=O)NCCCCCCNC(=O)CCc1cc(C(C)(C)C)c(O)cc1CC. The Morgan fingerprint density at radius 1 is 0.595 bits per heavy atom. The maximum Gasteiger partial charge on any atom is 0.220 e. The molecule has 0 radical (unpaired) electrons. The summed E-state index contributed by atoms with van der Waals surface area (Å²) in [4.78, 5) is 24.9. The van der Waals surface area contributed by atoms with E-state index in [0.717, 1.165) is 71.9 Å². The number of benzene rings is 2. The number of phenols is 2. The minimum absolute atomic E-state index is 0.0594. The van der Waals surface area contributed by atoms with Gasteiger partial charge in [-0.25, -0.2) is 0 Å². The summed E-state index contributed by atoms with van der Waals surface area (Å²) < 4.78 is 0. The molecule has 0 aromatic heterocycles. The molecule has 42 heavy (non-hydrogen) atoms. The van der Waals surface area contributed by atoms with E-state index in [1.165, 1.54) is 0 Å². The highest BCUT2D eigenvalue weighted by Crippen LogP contribution is 2.35. The summed E-state index contributed by atoms with van der Waals surface area (Å²) in [6, 6.07) is 7.85. The van der Waals surface area contributed by atoms with Crippen LogP contribution in [-0.2, 0) is 46.1 Å². The van der Waals surface area contributed by atoms with Crippen LogP contribution < -0.4 is 10.6 Å². The Morgan fingerprint density at radius 2 is 0.952 bits per heavy atom. The number of aryl methyl sites for hydroxylation is 4. The quantitative estimate of drug-likeness (QED) is 0.168. The van der Waals surface area contributed by atoms with E-state index in [-0.39, 0.29) is 22.6 Å². The van der Waals surface area contributed by atoms with Crippen LogP contribution in [0.15, 0.2) is 24.3 Å². The molecule has 2 aromatic carbocycles. The third-order valence-electron chi connectivity index (χ3n) is 8.00. The molecule has 0 spiro atoms. The maximum absolute atomic E-state index is 12.4. The molecule has 0 saturated heterocycles. The molecule has 0 aliphatic carbocycles. The molecular weight excluding hydrogens is 524 g/mol. The third-order valence-corrected chi connectivity index (χ3v) is 8.00. The van der Waals surface area contributed by atoms with Crippen molar-refractivity contribution in [1.82, 2.24) is 10.6 Å². The van der Waals surface area contributed by atoms with E-state index >= 15 is 0 Å². The van der Waals surface area contributed by atoms with Crippen molar-refractivity contribution >= 4 is 11.8 Å². The molecule has 0 saturated carbocycles. The number of unbranched alkanes of at least 4 members (excludes halogenated alkanes) is 3. The van der Waals surface area contributed by atoms with Gasteiger partial charge in [0.05, 0.1) is 0 Å². The van der Waals surface area contributed by atoms with Crippen LogP contribution in [0.2, 0.25) is 0 Å². The highest BCUT2D eigenvalue weighted by Gasteiger charge is 2.21. The predicted octanol–water partition coefficient (Wildman–Crippen LogP) is 7.18. The minimum Gasteiger partial charge on any atom is -0.508 e. The molecule has 0 aliphatic heterocycles. The number of nitrogens with one attached hydrogen (secondary N) is 2. The summed E-state index contributed by atoms with van der Waals surface area (Å²) in [5, 5.41) is 26.9. The first-order valence-corrected chi connectivity index (χ1v) is 15.9. The molecule has 6 heteroatoms. The fourth-order valence-corrected chi connectivity index (χ4v) is 5.41. The molecule has 0 atom stereocenters. The Labute approximate surface area is 254 Å². The van der Waals surface area contributed by atoms with Crippen LogP contribution in [-0.4, -0.2) is 35.1 Å². The summed E-state index contributed by atoms with van der Waals surface area (Å²) in [6.45, 7) is 18.0. The van der Waals surface area contributed by atoms with Gasteiger partial charge in [0.1, 0.15) is 11.5 Å². The maximum atomic E-state index is 12.4. The summed E-state index contributed by atoms with van der Waals surface area (Å²) in [6.07, 6.45) is 7.72. The number of hydrogen-bond acceptors (Lipinski definition) is 4. The predicted molar refractivity (Wildman–Crippen MR) is 173 cm³/mol. The summed E-state index contributed by atoms with van der Waals surface area (Å²) >= 11 is 0. The minimum atomic E-state index is -0.154. The number of phenolic OH excluding ortho intramolecular Hbond substituents is 2. The molecule has 2 rings (SSSR count). The smallest absolute Gasteiger partial charge is 0.220 e. The first kappa shape index (κ1) is 35.2. The second-order valence-electron chi connectivity index (χ2n) is 13.6. The van der Waals surface area contributed by atoms with Gasteiger partial charge in [-0.3, -0.25) is 9.59 Å². The van der Waals surface area contributed by atoms with Crippen molar-refractivity contribution in [2.24, 2.45) is 0 Å². The molecular formula is C36H56N2O4. The highest BCUT2D eigenvalue weighted by atomic mass is 16.3. The van der Waals surface area contributed by atoms with Crippen LogP contribution in [0.4, 0.5) is 0 Å². The van der Waals surface area contributed by atoms with Gasteiger partial charge in [-0.1, -0.05) is 80.4 Å². The summed E-state index contributed by atoms with van der Waals surface area (Å²) in [7, 11) is 0. The van der Waals surface area contributed by atoms with Gasteiger partial charge in [0, 0.05) is 25.9 Å². The van der Waals surface area contributed by atoms with E-state index in [4.69, 9.17) is 0 Å². The van der Waals surface area contributed by atoms with E-state index in [2.05, 4.69) is 78.2 Å². The van der Waals surface area contributed by atoms with Crippen molar-refractivity contribution in [1.29, 1.82) is 0 Å². The largest absolute Gasteiger partial charge is 0.508 e. The molecule has 0 fully saturated rings. The van der Waals surface area contributed by atoms with Gasteiger partial charge in [-0.2, -0.15) is 0 Å². The van der Waals surface area contributed by atoms with E-state index in [9.17, 15) is 19.8 Å². The molecule has 0 heterocycles. The molecule has 0 bridgehead atoms. The molecule has 0 aliphatic rings. The van der Waals surface area contributed by atoms with Crippen LogP contribution in [0.3, 0.4) is 0 Å². The number of carbonyl (C=O) groups is 2. The monoisotopic (exact) mass is 580 g/mol.